The van der Waals surface area contributed by atoms with E-state index in [9.17, 15) is 4.79 Å². The van der Waals surface area contributed by atoms with Crippen molar-refractivity contribution in [2.24, 2.45) is 0 Å². The number of hydrogen-bond donors (Lipinski definition) is 1. The number of benzene rings is 1. The van der Waals surface area contributed by atoms with Crippen LogP contribution in [0.25, 0.3) is 0 Å². The zero-order valence-corrected chi connectivity index (χ0v) is 8.99. The largest absolute Gasteiger partial charge is 0.481 e. The molecule has 0 radical (unpaired) electrons. The molecule has 1 N–H and O–H groups in total. The molecule has 0 aliphatic heterocycles. The lowest BCUT2D eigenvalue weighted by molar-refractivity contribution is -0.137. The molecule has 1 aliphatic rings. The number of aryl methyl sites for hydroxylation is 2. The number of carboxylic acid groups (broad SMARTS) is 1. The maximum atomic E-state index is 10.8. The molecule has 1 aliphatic carbocycles. The van der Waals surface area contributed by atoms with E-state index in [0.29, 0.717) is 0 Å². The molecule has 0 fully saturated rings. The normalized spacial score (nSPS) is 19.7. The Bertz CT molecular complexity index is 382. The monoisotopic (exact) mass is 204 g/mol. The molecule has 1 aromatic carbocycles. The van der Waals surface area contributed by atoms with Gasteiger partial charge < -0.3 is 5.11 Å². The molecule has 1 aromatic rings. The summed E-state index contributed by atoms with van der Waals surface area (Å²) < 4.78 is 0. The molecule has 15 heavy (non-hydrogen) atoms. The molecule has 0 saturated heterocycles. The van der Waals surface area contributed by atoms with Crippen molar-refractivity contribution in [2.45, 2.75) is 38.5 Å². The number of hydrogen-bond acceptors (Lipinski definition) is 1. The van der Waals surface area contributed by atoms with Gasteiger partial charge in [-0.2, -0.15) is 0 Å². The van der Waals surface area contributed by atoms with E-state index in [1.54, 1.807) is 0 Å². The second-order valence-corrected chi connectivity index (χ2v) is 4.39. The van der Waals surface area contributed by atoms with Gasteiger partial charge in [-0.15, -0.1) is 0 Å². The summed E-state index contributed by atoms with van der Waals surface area (Å²) in [5, 5.41) is 8.86. The van der Waals surface area contributed by atoms with E-state index < -0.39 is 5.97 Å². The van der Waals surface area contributed by atoms with Gasteiger partial charge in [0.25, 0.3) is 0 Å². The smallest absolute Gasteiger partial charge is 0.303 e. The lowest BCUT2D eigenvalue weighted by atomic mass is 9.80. The van der Waals surface area contributed by atoms with Crippen molar-refractivity contribution in [3.8, 4) is 0 Å². The van der Waals surface area contributed by atoms with Crippen molar-refractivity contribution in [1.82, 2.24) is 0 Å². The van der Waals surface area contributed by atoms with Gasteiger partial charge >= 0.3 is 5.97 Å². The first-order valence-corrected chi connectivity index (χ1v) is 5.48. The van der Waals surface area contributed by atoms with Crippen molar-refractivity contribution < 1.29 is 9.90 Å². The summed E-state index contributed by atoms with van der Waals surface area (Å²) in [6.45, 7) is 2.06. The third-order valence-corrected chi connectivity index (χ3v) is 3.16. The Morgan fingerprint density at radius 2 is 2.33 bits per heavy atom. The summed E-state index contributed by atoms with van der Waals surface area (Å²) >= 11 is 0. The fourth-order valence-corrected chi connectivity index (χ4v) is 2.44. The van der Waals surface area contributed by atoms with E-state index in [2.05, 4.69) is 25.1 Å². The molecule has 80 valence electrons. The van der Waals surface area contributed by atoms with Gasteiger partial charge in [-0.1, -0.05) is 23.8 Å². The van der Waals surface area contributed by atoms with Gasteiger partial charge in [0, 0.05) is 0 Å². The van der Waals surface area contributed by atoms with Crippen LogP contribution in [-0.2, 0) is 11.2 Å². The maximum Gasteiger partial charge on any atom is 0.303 e. The van der Waals surface area contributed by atoms with Crippen molar-refractivity contribution >= 4 is 5.97 Å². The average Bonchev–Trinajstić information content (AvgIpc) is 2.18. The molecular weight excluding hydrogens is 188 g/mol. The molecule has 2 nitrogen and oxygen atoms in total. The Morgan fingerprint density at radius 3 is 3.07 bits per heavy atom. The molecule has 2 rings (SSSR count). The number of carbonyl (C=O) groups is 1. The van der Waals surface area contributed by atoms with E-state index in [1.165, 1.54) is 16.7 Å². The first-order valence-electron chi connectivity index (χ1n) is 5.48. The van der Waals surface area contributed by atoms with Crippen LogP contribution >= 0.6 is 0 Å². The highest BCUT2D eigenvalue weighted by molar-refractivity contribution is 5.68. The quantitative estimate of drug-likeness (QED) is 0.804. The first-order chi connectivity index (χ1) is 7.16. The molecule has 1 unspecified atom stereocenters. The van der Waals surface area contributed by atoms with Gasteiger partial charge in [0.1, 0.15) is 0 Å². The van der Waals surface area contributed by atoms with E-state index in [4.69, 9.17) is 5.11 Å². The van der Waals surface area contributed by atoms with Crippen LogP contribution in [0.15, 0.2) is 18.2 Å². The molecule has 1 atom stereocenters. The molecule has 0 aromatic heterocycles. The van der Waals surface area contributed by atoms with Crippen molar-refractivity contribution in [3.05, 3.63) is 34.9 Å². The zero-order chi connectivity index (χ0) is 10.8. The van der Waals surface area contributed by atoms with Crippen molar-refractivity contribution in [2.75, 3.05) is 0 Å². The fourth-order valence-electron chi connectivity index (χ4n) is 2.44. The summed E-state index contributed by atoms with van der Waals surface area (Å²) in [6.07, 6.45) is 3.51. The molecule has 0 bridgehead atoms. The van der Waals surface area contributed by atoms with E-state index in [1.807, 2.05) is 0 Å². The van der Waals surface area contributed by atoms with E-state index in [0.717, 1.165) is 19.3 Å². The number of carboxylic acids is 1. The summed E-state index contributed by atoms with van der Waals surface area (Å²) in [4.78, 5) is 10.8. The Balaban J connectivity index is 2.32. The van der Waals surface area contributed by atoms with E-state index in [-0.39, 0.29) is 12.3 Å². The highest BCUT2D eigenvalue weighted by Gasteiger charge is 2.22. The lowest BCUT2D eigenvalue weighted by Crippen LogP contribution is -2.13. The molecule has 0 amide bonds. The van der Waals surface area contributed by atoms with Crippen LogP contribution in [0, 0.1) is 6.92 Å². The van der Waals surface area contributed by atoms with Crippen LogP contribution in [0.5, 0.6) is 0 Å². The molecule has 0 spiro atoms. The van der Waals surface area contributed by atoms with Crippen LogP contribution in [0.2, 0.25) is 0 Å². The molecular formula is C13H16O2. The second-order valence-electron chi connectivity index (χ2n) is 4.39. The number of aliphatic carboxylic acids is 1. The van der Waals surface area contributed by atoms with Crippen LogP contribution in [0.1, 0.15) is 41.9 Å². The highest BCUT2D eigenvalue weighted by Crippen LogP contribution is 2.34. The Morgan fingerprint density at radius 1 is 1.53 bits per heavy atom. The minimum Gasteiger partial charge on any atom is -0.481 e. The van der Waals surface area contributed by atoms with Gasteiger partial charge in [-0.25, -0.2) is 0 Å². The Hall–Kier alpha value is -1.31. The fraction of sp³-hybridized carbons (Fsp3) is 0.462. The van der Waals surface area contributed by atoms with E-state index >= 15 is 0 Å². The Kier molecular flexibility index (Phi) is 2.76. The van der Waals surface area contributed by atoms with Crippen LogP contribution in [0.3, 0.4) is 0 Å². The maximum absolute atomic E-state index is 10.8. The highest BCUT2D eigenvalue weighted by atomic mass is 16.4. The SMILES string of the molecule is Cc1ccc2c(c1)C(CC(=O)O)CCC2. The van der Waals surface area contributed by atoms with Crippen LogP contribution < -0.4 is 0 Å². The standard InChI is InChI=1S/C13H16O2/c1-9-5-6-10-3-2-4-11(8-13(14)15)12(10)7-9/h5-7,11H,2-4,8H2,1H3,(H,14,15). The van der Waals surface area contributed by atoms with Crippen molar-refractivity contribution in [1.29, 1.82) is 0 Å². The summed E-state index contributed by atoms with van der Waals surface area (Å²) in [5.41, 5.74) is 3.84. The average molecular weight is 204 g/mol. The van der Waals surface area contributed by atoms with Crippen LogP contribution in [-0.4, -0.2) is 11.1 Å². The topological polar surface area (TPSA) is 37.3 Å². The third kappa shape index (κ3) is 2.20. The van der Waals surface area contributed by atoms with Crippen LogP contribution in [0.4, 0.5) is 0 Å². The minimum atomic E-state index is -0.686. The summed E-state index contributed by atoms with van der Waals surface area (Å²) in [5.74, 6) is -0.458. The van der Waals surface area contributed by atoms with Gasteiger partial charge in [0.05, 0.1) is 6.42 Å². The van der Waals surface area contributed by atoms with Gasteiger partial charge in [0.2, 0.25) is 0 Å². The predicted octanol–water partition coefficient (Wildman–Crippen LogP) is 2.89. The number of fused-ring (bicyclic) bond motifs is 1. The zero-order valence-electron chi connectivity index (χ0n) is 8.99. The van der Waals surface area contributed by atoms with Gasteiger partial charge in [0.15, 0.2) is 0 Å². The predicted molar refractivity (Wildman–Crippen MR) is 59.1 cm³/mol. The first kappa shape index (κ1) is 10.2. The second kappa shape index (κ2) is 4.05. The van der Waals surface area contributed by atoms with Crippen molar-refractivity contribution in [3.63, 3.8) is 0 Å². The number of rotatable bonds is 2. The molecule has 2 heteroatoms. The molecule has 0 saturated carbocycles. The summed E-state index contributed by atoms with van der Waals surface area (Å²) in [7, 11) is 0. The Labute approximate surface area is 89.9 Å². The summed E-state index contributed by atoms with van der Waals surface area (Å²) in [6, 6.07) is 6.42. The van der Waals surface area contributed by atoms with Gasteiger partial charge in [-0.3, -0.25) is 4.79 Å². The van der Waals surface area contributed by atoms with Gasteiger partial charge in [-0.05, 0) is 43.2 Å². The third-order valence-electron chi connectivity index (χ3n) is 3.16. The molecule has 0 heterocycles. The minimum absolute atomic E-state index is 0.228. The lowest BCUT2D eigenvalue weighted by Gasteiger charge is -2.24.